The highest BCUT2D eigenvalue weighted by atomic mass is 19.4. The minimum absolute atomic E-state index is 0.184. The van der Waals surface area contributed by atoms with E-state index in [9.17, 15) is 22.4 Å². The fourth-order valence-corrected chi connectivity index (χ4v) is 5.52. The minimum atomic E-state index is -4.45. The zero-order valence-corrected chi connectivity index (χ0v) is 19.9. The molecule has 3 aliphatic heterocycles. The number of rotatable bonds is 5. The van der Waals surface area contributed by atoms with Gasteiger partial charge in [0.05, 0.1) is 36.4 Å². The van der Waals surface area contributed by atoms with Crippen LogP contribution in [0.15, 0.2) is 42.5 Å². The summed E-state index contributed by atoms with van der Waals surface area (Å²) in [7, 11) is 0. The second kappa shape index (κ2) is 10.3. The van der Waals surface area contributed by atoms with Crippen molar-refractivity contribution in [2.75, 3.05) is 68.8 Å². The number of fused-ring (bicyclic) bond motifs is 3. The highest BCUT2D eigenvalue weighted by Crippen LogP contribution is 2.40. The molecular formula is C26H30F4N4O2. The molecule has 0 saturated carbocycles. The number of halogens is 4. The fraction of sp³-hybridized carbons (Fsp3) is 0.500. The van der Waals surface area contributed by atoms with Crippen LogP contribution in [0, 0.1) is 11.7 Å². The Morgan fingerprint density at radius 1 is 1.03 bits per heavy atom. The summed E-state index contributed by atoms with van der Waals surface area (Å²) in [6.45, 7) is 5.47. The summed E-state index contributed by atoms with van der Waals surface area (Å²) >= 11 is 0. The highest BCUT2D eigenvalue weighted by Gasteiger charge is 2.43. The molecule has 36 heavy (non-hydrogen) atoms. The van der Waals surface area contributed by atoms with Gasteiger partial charge in [0.25, 0.3) is 0 Å². The number of piperazine rings is 1. The van der Waals surface area contributed by atoms with Crippen molar-refractivity contribution in [3.63, 3.8) is 0 Å². The molecule has 2 aromatic rings. The lowest BCUT2D eigenvalue weighted by atomic mass is 9.82. The number of hydrogen-bond acceptors (Lipinski definition) is 5. The smallest absolute Gasteiger partial charge is 0.379 e. The molecule has 0 radical (unpaired) electrons. The van der Waals surface area contributed by atoms with Crippen LogP contribution >= 0.6 is 0 Å². The summed E-state index contributed by atoms with van der Waals surface area (Å²) in [5.41, 5.74) is 1.00. The Hall–Kier alpha value is -2.85. The van der Waals surface area contributed by atoms with E-state index in [0.29, 0.717) is 57.2 Å². The van der Waals surface area contributed by atoms with E-state index in [1.54, 1.807) is 18.2 Å². The van der Waals surface area contributed by atoms with Crippen molar-refractivity contribution in [1.82, 2.24) is 10.2 Å². The maximum absolute atomic E-state index is 14.5. The van der Waals surface area contributed by atoms with Gasteiger partial charge in [-0.3, -0.25) is 9.69 Å². The third kappa shape index (κ3) is 5.15. The van der Waals surface area contributed by atoms with E-state index in [-0.39, 0.29) is 24.2 Å². The van der Waals surface area contributed by atoms with Crippen LogP contribution in [0.3, 0.4) is 0 Å². The van der Waals surface area contributed by atoms with Crippen molar-refractivity contribution in [2.45, 2.75) is 18.6 Å². The quantitative estimate of drug-likeness (QED) is 0.632. The number of para-hydroxylation sites is 1. The molecule has 1 amide bonds. The molecular weight excluding hydrogens is 476 g/mol. The second-order valence-corrected chi connectivity index (χ2v) is 9.56. The van der Waals surface area contributed by atoms with Crippen LogP contribution < -0.4 is 15.1 Å². The van der Waals surface area contributed by atoms with Gasteiger partial charge in [-0.1, -0.05) is 12.1 Å². The van der Waals surface area contributed by atoms with Crippen molar-refractivity contribution < 1.29 is 27.1 Å². The molecule has 2 fully saturated rings. The zero-order valence-electron chi connectivity index (χ0n) is 19.9. The Balaban J connectivity index is 1.38. The van der Waals surface area contributed by atoms with Gasteiger partial charge in [0.1, 0.15) is 5.82 Å². The maximum Gasteiger partial charge on any atom is 0.416 e. The third-order valence-corrected chi connectivity index (χ3v) is 7.40. The molecule has 2 saturated heterocycles. The second-order valence-electron chi connectivity index (χ2n) is 9.56. The van der Waals surface area contributed by atoms with Crippen molar-refractivity contribution in [3.8, 4) is 0 Å². The van der Waals surface area contributed by atoms with Gasteiger partial charge >= 0.3 is 6.18 Å². The Morgan fingerprint density at radius 3 is 2.56 bits per heavy atom. The molecule has 0 aromatic heterocycles. The van der Waals surface area contributed by atoms with E-state index in [0.717, 1.165) is 24.8 Å². The standard InChI is InChI=1S/C26H30F4N4O2/c27-21-3-1-2-4-23(21)33-9-10-34-22-6-5-19(26(28,29)30)15-18(22)16-20(24(34)17-33)25(35)31-7-8-32-11-13-36-14-12-32/h1-6,15,20,24H,7-14,16-17H2,(H,31,35). The maximum atomic E-state index is 14.5. The minimum Gasteiger partial charge on any atom is -0.379 e. The molecule has 5 rings (SSSR count). The summed E-state index contributed by atoms with van der Waals surface area (Å²) in [4.78, 5) is 19.6. The summed E-state index contributed by atoms with van der Waals surface area (Å²) in [6.07, 6.45) is -4.25. The van der Waals surface area contributed by atoms with Crippen molar-refractivity contribution in [1.29, 1.82) is 0 Å². The number of hydrogen-bond donors (Lipinski definition) is 1. The normalized spacial score (nSPS) is 22.7. The predicted molar refractivity (Wildman–Crippen MR) is 129 cm³/mol. The van der Waals surface area contributed by atoms with Gasteiger partial charge in [-0.2, -0.15) is 13.2 Å². The lowest BCUT2D eigenvalue weighted by Crippen LogP contribution is -2.61. The lowest BCUT2D eigenvalue weighted by molar-refractivity contribution is -0.137. The van der Waals surface area contributed by atoms with Crippen LogP contribution in [0.5, 0.6) is 0 Å². The van der Waals surface area contributed by atoms with Gasteiger partial charge in [-0.05, 0) is 42.3 Å². The summed E-state index contributed by atoms with van der Waals surface area (Å²) in [6, 6.07) is 10.0. The molecule has 6 nitrogen and oxygen atoms in total. The van der Waals surface area contributed by atoms with E-state index in [1.807, 2.05) is 9.80 Å². The van der Waals surface area contributed by atoms with Crippen molar-refractivity contribution in [2.24, 2.45) is 5.92 Å². The van der Waals surface area contributed by atoms with Crippen LogP contribution in [0.2, 0.25) is 0 Å². The number of ether oxygens (including phenoxy) is 1. The zero-order chi connectivity index (χ0) is 25.3. The molecule has 0 spiro atoms. The molecule has 2 aromatic carbocycles. The predicted octanol–water partition coefficient (Wildman–Crippen LogP) is 3.16. The number of nitrogens with zero attached hydrogens (tertiary/aromatic N) is 3. The Bertz CT molecular complexity index is 1090. The number of benzene rings is 2. The molecule has 3 heterocycles. The van der Waals surface area contributed by atoms with Crippen LogP contribution in [0.1, 0.15) is 11.1 Å². The first kappa shape index (κ1) is 24.8. The first-order valence-electron chi connectivity index (χ1n) is 12.4. The summed E-state index contributed by atoms with van der Waals surface area (Å²) < 4.78 is 60.1. The van der Waals surface area contributed by atoms with Gasteiger partial charge in [-0.25, -0.2) is 4.39 Å². The largest absolute Gasteiger partial charge is 0.416 e. The van der Waals surface area contributed by atoms with Gasteiger partial charge in [0.15, 0.2) is 0 Å². The van der Waals surface area contributed by atoms with Gasteiger partial charge in [0, 0.05) is 51.5 Å². The first-order valence-corrected chi connectivity index (χ1v) is 12.4. The number of nitrogens with one attached hydrogen (secondary N) is 1. The summed E-state index contributed by atoms with van der Waals surface area (Å²) in [5.74, 6) is -1.07. The average molecular weight is 507 g/mol. The Labute approximate surface area is 207 Å². The van der Waals surface area contributed by atoms with Gasteiger partial charge in [-0.15, -0.1) is 0 Å². The highest BCUT2D eigenvalue weighted by molar-refractivity contribution is 5.82. The van der Waals surface area contributed by atoms with E-state index in [1.165, 1.54) is 18.2 Å². The Kier molecular flexibility index (Phi) is 7.07. The molecule has 3 aliphatic rings. The topological polar surface area (TPSA) is 48.1 Å². The summed E-state index contributed by atoms with van der Waals surface area (Å²) in [5, 5.41) is 3.01. The van der Waals surface area contributed by atoms with Crippen LogP contribution in [0.4, 0.5) is 28.9 Å². The number of amides is 1. The fourth-order valence-electron chi connectivity index (χ4n) is 5.52. The van der Waals surface area contributed by atoms with Gasteiger partial charge < -0.3 is 19.9 Å². The van der Waals surface area contributed by atoms with Crippen molar-refractivity contribution >= 4 is 17.3 Å². The molecule has 194 valence electrons. The molecule has 10 heteroatoms. The molecule has 0 aliphatic carbocycles. The molecule has 0 bridgehead atoms. The molecule has 2 atom stereocenters. The van der Waals surface area contributed by atoms with E-state index in [2.05, 4.69) is 10.2 Å². The van der Waals surface area contributed by atoms with Crippen LogP contribution in [-0.2, 0) is 22.1 Å². The molecule has 1 N–H and O–H groups in total. The SMILES string of the molecule is O=C(NCCN1CCOCC1)C1Cc2cc(C(F)(F)F)ccc2N2CCN(c3ccccc3F)CC12. The third-order valence-electron chi connectivity index (χ3n) is 7.40. The van der Waals surface area contributed by atoms with Crippen LogP contribution in [0.25, 0.3) is 0 Å². The number of morpholine rings is 1. The van der Waals surface area contributed by atoms with E-state index >= 15 is 0 Å². The number of alkyl halides is 3. The Morgan fingerprint density at radius 2 is 1.81 bits per heavy atom. The molecule has 2 unspecified atom stereocenters. The van der Waals surface area contributed by atoms with E-state index < -0.39 is 17.7 Å². The number of anilines is 2. The van der Waals surface area contributed by atoms with E-state index in [4.69, 9.17) is 4.74 Å². The van der Waals surface area contributed by atoms with Crippen LogP contribution in [-0.4, -0.2) is 75.9 Å². The first-order chi connectivity index (χ1) is 17.3. The average Bonchev–Trinajstić information content (AvgIpc) is 2.88. The lowest BCUT2D eigenvalue weighted by Gasteiger charge is -2.49. The monoisotopic (exact) mass is 506 g/mol. The number of carbonyl (C=O) groups excluding carboxylic acids is 1. The van der Waals surface area contributed by atoms with Crippen molar-refractivity contribution in [3.05, 3.63) is 59.4 Å². The number of carbonyl (C=O) groups is 1. The van der Waals surface area contributed by atoms with Gasteiger partial charge in [0.2, 0.25) is 5.91 Å².